The molecular formula is C51H102O20Si4. The Balaban J connectivity index is -0.000000457. The Morgan fingerprint density at radius 3 is 0.973 bits per heavy atom. The van der Waals surface area contributed by atoms with Gasteiger partial charge in [-0.3, -0.25) is 0 Å². The van der Waals surface area contributed by atoms with Gasteiger partial charge in [0.1, 0.15) is 0 Å². The van der Waals surface area contributed by atoms with Gasteiger partial charge in [-0.15, -0.1) is 0 Å². The van der Waals surface area contributed by atoms with Crippen molar-refractivity contribution in [3.8, 4) is 0 Å². The average Bonchev–Trinajstić information content (AvgIpc) is 3.35. The van der Waals surface area contributed by atoms with Crippen molar-refractivity contribution in [1.82, 2.24) is 0 Å². The SMILES string of the molecule is C=C(C)C(=O)OCCC[Si](C)(C)OCC.C=C(C)C(=O)OCCC[Si](C)(OCC)OCC.C=C(C)C(=O)OCCC[Si](OCCOC)(OCCOC)OCCOC.C=CC(=O)OCCC[Si](OCC)(OCC)OCC. The number of hydrogen-bond acceptors (Lipinski definition) is 20. The van der Waals surface area contributed by atoms with Gasteiger partial charge >= 0.3 is 50.0 Å². The minimum atomic E-state index is -2.96. The summed E-state index contributed by atoms with van der Waals surface area (Å²) in [5.74, 6) is -1.45. The van der Waals surface area contributed by atoms with Crippen LogP contribution in [0.4, 0.5) is 0 Å². The lowest BCUT2D eigenvalue weighted by Crippen LogP contribution is -2.48. The molecule has 0 aromatic heterocycles. The molecule has 0 saturated carbocycles. The number of methoxy groups -OCH3 is 3. The largest absolute Gasteiger partial charge is 0.501 e. The van der Waals surface area contributed by atoms with Crippen molar-refractivity contribution in [2.75, 3.05) is 127 Å². The first-order valence-corrected chi connectivity index (χ1v) is 35.5. The number of esters is 4. The average molecular weight is 1150 g/mol. The summed E-state index contributed by atoms with van der Waals surface area (Å²) in [5, 5.41) is 0. The summed E-state index contributed by atoms with van der Waals surface area (Å²) in [6.45, 7) is 44.5. The van der Waals surface area contributed by atoms with Gasteiger partial charge in [0.2, 0.25) is 0 Å². The van der Waals surface area contributed by atoms with Crippen molar-refractivity contribution in [2.24, 2.45) is 0 Å². The molecule has 442 valence electrons. The Hall–Kier alpha value is -2.77. The van der Waals surface area contributed by atoms with Gasteiger partial charge in [-0.2, -0.15) is 0 Å². The van der Waals surface area contributed by atoms with E-state index in [-0.39, 0.29) is 18.5 Å². The molecule has 0 fully saturated rings. The Morgan fingerprint density at radius 2 is 0.680 bits per heavy atom. The van der Waals surface area contributed by atoms with Crippen LogP contribution in [0.1, 0.15) is 88.0 Å². The topological polar surface area (TPSA) is 216 Å². The van der Waals surface area contributed by atoms with Gasteiger partial charge in [0, 0.05) is 95.9 Å². The molecule has 24 heteroatoms. The fourth-order valence-corrected chi connectivity index (χ4v) is 15.3. The van der Waals surface area contributed by atoms with Gasteiger partial charge in [-0.25, -0.2) is 19.2 Å². The van der Waals surface area contributed by atoms with E-state index in [1.54, 1.807) is 42.1 Å². The standard InChI is InChI=1S/C16H32O8Si.C12H24O5Si.C12H24O4Si.C11H22O3Si/c1-15(2)16(17)21-7-6-14-25(22-11-8-18-3,23-12-9-19-4)24-13-10-20-5;1-5-12(13)14-10-9-11-18(15-6-2,16-7-3)17-8-4;1-6-15-17(5,16-7-2)10-8-9-14-12(13)11(3)4;1-6-14-15(4,5)9-7-8-13-11(12)10(2)3/h1,6-14H2,2-5H3;5H,1,6-11H2,2-4H3;3,6-10H2,1-2,4-5H3;2,6-9H2,1,3-5H3. The number of ether oxygens (including phenoxy) is 7. The second kappa shape index (κ2) is 50.7. The first kappa shape index (κ1) is 78.7. The van der Waals surface area contributed by atoms with E-state index in [0.717, 1.165) is 37.6 Å². The van der Waals surface area contributed by atoms with Gasteiger partial charge in [-0.05, 0) is 120 Å². The van der Waals surface area contributed by atoms with Crippen LogP contribution in [-0.2, 0) is 92.2 Å². The first-order chi connectivity index (χ1) is 35.5. The van der Waals surface area contributed by atoms with Crippen LogP contribution < -0.4 is 0 Å². The highest BCUT2D eigenvalue weighted by Crippen LogP contribution is 2.21. The van der Waals surface area contributed by atoms with Gasteiger partial charge in [-0.1, -0.05) is 26.3 Å². The van der Waals surface area contributed by atoms with Crippen molar-refractivity contribution >= 4 is 58.4 Å². The summed E-state index contributed by atoms with van der Waals surface area (Å²) in [6, 6.07) is 3.00. The van der Waals surface area contributed by atoms with E-state index in [2.05, 4.69) is 39.4 Å². The summed E-state index contributed by atoms with van der Waals surface area (Å²) in [7, 11) is -4.34. The number of rotatable bonds is 44. The molecule has 0 amide bonds. The minimum Gasteiger partial charge on any atom is -0.463 e. The van der Waals surface area contributed by atoms with Crippen molar-refractivity contribution in [3.05, 3.63) is 49.1 Å². The maximum atomic E-state index is 11.4. The predicted octanol–water partition coefficient (Wildman–Crippen LogP) is 8.96. The second-order valence-corrected chi connectivity index (χ2v) is 30.0. The van der Waals surface area contributed by atoms with Gasteiger partial charge < -0.3 is 73.0 Å². The highest BCUT2D eigenvalue weighted by Gasteiger charge is 2.41. The molecule has 0 radical (unpaired) electrons. The quantitative estimate of drug-likeness (QED) is 0.0183. The summed E-state index contributed by atoms with van der Waals surface area (Å²) in [5.41, 5.74) is 1.25. The monoisotopic (exact) mass is 1150 g/mol. The van der Waals surface area contributed by atoms with Crippen LogP contribution in [-0.4, -0.2) is 185 Å². The normalized spacial score (nSPS) is 11.3. The molecular weight excluding hydrogens is 1040 g/mol. The smallest absolute Gasteiger partial charge is 0.463 e. The number of hydrogen-bond donors (Lipinski definition) is 0. The van der Waals surface area contributed by atoms with E-state index in [4.69, 9.17) is 73.0 Å². The summed E-state index contributed by atoms with van der Waals surface area (Å²) >= 11 is 0. The van der Waals surface area contributed by atoms with Crippen molar-refractivity contribution in [3.63, 3.8) is 0 Å². The Morgan fingerprint density at radius 1 is 0.387 bits per heavy atom. The molecule has 0 heterocycles. The molecule has 0 aromatic rings. The lowest BCUT2D eigenvalue weighted by Gasteiger charge is -2.29. The zero-order valence-corrected chi connectivity index (χ0v) is 53.0. The lowest BCUT2D eigenvalue weighted by atomic mass is 10.4. The first-order valence-electron chi connectivity index (χ1n) is 26.0. The highest BCUT2D eigenvalue weighted by molar-refractivity contribution is 6.71. The molecule has 0 spiro atoms. The van der Waals surface area contributed by atoms with Crippen LogP contribution in [0.2, 0.25) is 43.8 Å². The third kappa shape index (κ3) is 47.0. The van der Waals surface area contributed by atoms with Crippen molar-refractivity contribution in [2.45, 2.75) is 132 Å². The summed E-state index contributed by atoms with van der Waals surface area (Å²) in [6.07, 6.45) is 4.00. The van der Waals surface area contributed by atoms with Gasteiger partial charge in [0.25, 0.3) is 0 Å². The van der Waals surface area contributed by atoms with Crippen LogP contribution in [0.3, 0.4) is 0 Å². The molecule has 75 heavy (non-hydrogen) atoms. The Labute approximate surface area is 456 Å². The molecule has 0 atom stereocenters. The maximum absolute atomic E-state index is 11.4. The Kier molecular flexibility index (Phi) is 53.2. The molecule has 0 unspecified atom stereocenters. The summed E-state index contributed by atoms with van der Waals surface area (Å²) < 4.78 is 87.0. The number of carbonyl (C=O) groups excluding carboxylic acids is 4. The molecule has 0 saturated heterocycles. The van der Waals surface area contributed by atoms with E-state index in [1.807, 2.05) is 48.1 Å². The lowest BCUT2D eigenvalue weighted by molar-refractivity contribution is -0.139. The molecule has 0 aliphatic rings. The molecule has 0 aromatic carbocycles. The van der Waals surface area contributed by atoms with Gasteiger partial charge in [0.15, 0.2) is 8.32 Å². The fraction of sp³-hybridized carbons (Fsp3) is 0.765. The zero-order chi connectivity index (χ0) is 58.0. The van der Waals surface area contributed by atoms with Crippen LogP contribution >= 0.6 is 0 Å². The van der Waals surface area contributed by atoms with E-state index in [1.165, 1.54) is 0 Å². The minimum absolute atomic E-state index is 0.245. The third-order valence-corrected chi connectivity index (χ3v) is 21.2. The number of carbonyl (C=O) groups is 4. The maximum Gasteiger partial charge on any atom is 0.501 e. The molecule has 0 aliphatic carbocycles. The third-order valence-electron chi connectivity index (χ3n) is 9.46. The van der Waals surface area contributed by atoms with Crippen LogP contribution in [0.25, 0.3) is 0 Å². The van der Waals surface area contributed by atoms with Crippen molar-refractivity contribution in [1.29, 1.82) is 0 Å². The van der Waals surface area contributed by atoms with Crippen LogP contribution in [0.5, 0.6) is 0 Å². The van der Waals surface area contributed by atoms with Crippen LogP contribution in [0.15, 0.2) is 49.1 Å². The molecule has 0 aliphatic heterocycles. The van der Waals surface area contributed by atoms with E-state index >= 15 is 0 Å². The van der Waals surface area contributed by atoms with E-state index in [9.17, 15) is 19.2 Å². The fourth-order valence-electron chi connectivity index (χ4n) is 6.01. The summed E-state index contributed by atoms with van der Waals surface area (Å²) in [4.78, 5) is 44.5. The molecule has 20 nitrogen and oxygen atoms in total. The molecule has 0 rings (SSSR count). The zero-order valence-electron chi connectivity index (χ0n) is 49.0. The molecule has 0 N–H and O–H groups in total. The highest BCUT2D eigenvalue weighted by atomic mass is 28.4. The Bertz CT molecular complexity index is 1470. The van der Waals surface area contributed by atoms with Crippen LogP contribution in [0, 0.1) is 0 Å². The van der Waals surface area contributed by atoms with E-state index in [0.29, 0.717) is 134 Å². The predicted molar refractivity (Wildman–Crippen MR) is 300 cm³/mol. The van der Waals surface area contributed by atoms with E-state index < -0.39 is 46.4 Å². The second-order valence-electron chi connectivity index (χ2n) is 16.9. The van der Waals surface area contributed by atoms with Gasteiger partial charge in [0.05, 0.1) is 66.1 Å². The molecule has 0 bridgehead atoms. The van der Waals surface area contributed by atoms with Crippen molar-refractivity contribution < 1.29 is 92.2 Å².